The molecule has 0 aromatic heterocycles. The van der Waals surface area contributed by atoms with Crippen LogP contribution < -0.4 is 20.7 Å². The normalized spacial score (nSPS) is 16.4. The number of hydrogen-bond donors (Lipinski definition) is 2. The van der Waals surface area contributed by atoms with Crippen LogP contribution in [-0.4, -0.2) is 30.8 Å². The van der Waals surface area contributed by atoms with Gasteiger partial charge in [0, 0.05) is 19.1 Å². The number of alkyl carbamates (subject to hydrolysis) is 1. The number of rotatable bonds is 5. The Labute approximate surface area is 175 Å². The van der Waals surface area contributed by atoms with Gasteiger partial charge in [-0.3, -0.25) is 0 Å². The first-order valence-electron chi connectivity index (χ1n) is 9.89. The number of para-hydroxylation sites is 1. The zero-order valence-electron chi connectivity index (χ0n) is 17.4. The molecule has 3 N–H and O–H groups in total. The Balaban J connectivity index is 1.78. The van der Waals surface area contributed by atoms with Gasteiger partial charge in [-0.2, -0.15) is 0 Å². The Hall–Kier alpha value is -3.03. The van der Waals surface area contributed by atoms with Crippen LogP contribution in [0.4, 0.5) is 25.0 Å². The van der Waals surface area contributed by atoms with Crippen molar-refractivity contribution >= 4 is 17.5 Å². The smallest absolute Gasteiger partial charge is 0.407 e. The Bertz CT molecular complexity index is 915. The van der Waals surface area contributed by atoms with E-state index in [9.17, 15) is 9.18 Å². The number of halogens is 2. The van der Waals surface area contributed by atoms with Crippen LogP contribution in [0.5, 0.6) is 11.5 Å². The highest BCUT2D eigenvalue weighted by Gasteiger charge is 2.30. The second-order valence-electron chi connectivity index (χ2n) is 8.22. The van der Waals surface area contributed by atoms with Crippen molar-refractivity contribution in [3.05, 3.63) is 48.0 Å². The summed E-state index contributed by atoms with van der Waals surface area (Å²) >= 11 is 0. The molecule has 0 saturated carbocycles. The standard InChI is InChI=1S/C22H27F2N3O3/c1-22(2,3)30-21(28)26-13-14-7-6-12-27(14)20-16(25)10-11-18(19(20)24)29-17-9-5-4-8-15(17)23/h4-5,8-11,14H,6-7,12-13,25H2,1-3H3,(H,26,28)/t14-/m1/s1. The molecule has 0 bridgehead atoms. The number of nitrogens with one attached hydrogen (secondary N) is 1. The molecule has 2 aromatic carbocycles. The first kappa shape index (κ1) is 21.7. The van der Waals surface area contributed by atoms with Crippen molar-refractivity contribution in [1.29, 1.82) is 0 Å². The minimum absolute atomic E-state index is 0.0725. The van der Waals surface area contributed by atoms with Gasteiger partial charge in [0.05, 0.1) is 5.69 Å². The fourth-order valence-corrected chi connectivity index (χ4v) is 3.44. The molecule has 1 fully saturated rings. The number of benzene rings is 2. The van der Waals surface area contributed by atoms with Crippen LogP contribution >= 0.6 is 0 Å². The van der Waals surface area contributed by atoms with E-state index in [1.807, 2.05) is 4.90 Å². The summed E-state index contributed by atoms with van der Waals surface area (Å²) in [5, 5.41) is 2.73. The number of nitrogens with two attached hydrogens (primary N) is 1. The van der Waals surface area contributed by atoms with Gasteiger partial charge in [-0.15, -0.1) is 0 Å². The molecule has 30 heavy (non-hydrogen) atoms. The summed E-state index contributed by atoms with van der Waals surface area (Å²) < 4.78 is 39.9. The van der Waals surface area contributed by atoms with Crippen molar-refractivity contribution in [1.82, 2.24) is 5.32 Å². The molecule has 1 atom stereocenters. The average Bonchev–Trinajstić information content (AvgIpc) is 3.11. The molecule has 6 nitrogen and oxygen atoms in total. The third-order valence-corrected chi connectivity index (χ3v) is 4.71. The Morgan fingerprint density at radius 1 is 1.20 bits per heavy atom. The van der Waals surface area contributed by atoms with Crippen LogP contribution in [0.15, 0.2) is 36.4 Å². The van der Waals surface area contributed by atoms with E-state index in [0.29, 0.717) is 6.54 Å². The molecule has 1 amide bonds. The number of amides is 1. The third kappa shape index (κ3) is 5.11. The zero-order valence-corrected chi connectivity index (χ0v) is 17.4. The molecule has 1 heterocycles. The van der Waals surface area contributed by atoms with Crippen LogP contribution in [0.1, 0.15) is 33.6 Å². The molecule has 0 unspecified atom stereocenters. The van der Waals surface area contributed by atoms with Crippen molar-refractivity contribution in [2.75, 3.05) is 23.7 Å². The number of nitrogens with zero attached hydrogens (tertiary/aromatic N) is 1. The van der Waals surface area contributed by atoms with E-state index >= 15 is 4.39 Å². The molecular formula is C22H27F2N3O3. The first-order valence-corrected chi connectivity index (χ1v) is 9.89. The van der Waals surface area contributed by atoms with E-state index in [-0.39, 0.29) is 35.5 Å². The average molecular weight is 419 g/mol. The van der Waals surface area contributed by atoms with Crippen molar-refractivity contribution in [2.45, 2.75) is 45.3 Å². The van der Waals surface area contributed by atoms with E-state index in [0.717, 1.165) is 12.8 Å². The van der Waals surface area contributed by atoms with Crippen LogP contribution in [0.3, 0.4) is 0 Å². The van der Waals surface area contributed by atoms with E-state index < -0.39 is 23.3 Å². The maximum Gasteiger partial charge on any atom is 0.407 e. The number of ether oxygens (including phenoxy) is 2. The molecule has 2 aromatic rings. The highest BCUT2D eigenvalue weighted by Crippen LogP contribution is 2.39. The molecule has 8 heteroatoms. The number of anilines is 2. The van der Waals surface area contributed by atoms with Crippen molar-refractivity contribution in [3.63, 3.8) is 0 Å². The fourth-order valence-electron chi connectivity index (χ4n) is 3.44. The van der Waals surface area contributed by atoms with Crippen molar-refractivity contribution in [3.8, 4) is 11.5 Å². The maximum absolute atomic E-state index is 15.3. The third-order valence-electron chi connectivity index (χ3n) is 4.71. The second-order valence-corrected chi connectivity index (χ2v) is 8.22. The van der Waals surface area contributed by atoms with E-state index in [1.54, 1.807) is 26.8 Å². The minimum Gasteiger partial charge on any atom is -0.451 e. The molecule has 0 radical (unpaired) electrons. The highest BCUT2D eigenvalue weighted by atomic mass is 19.1. The van der Waals surface area contributed by atoms with Crippen molar-refractivity contribution in [2.24, 2.45) is 0 Å². The zero-order chi connectivity index (χ0) is 21.9. The van der Waals surface area contributed by atoms with Gasteiger partial charge in [-0.1, -0.05) is 12.1 Å². The first-order chi connectivity index (χ1) is 14.2. The summed E-state index contributed by atoms with van der Waals surface area (Å²) in [5.41, 5.74) is 5.91. The number of hydrogen-bond acceptors (Lipinski definition) is 5. The number of carbonyl (C=O) groups excluding carboxylic acids is 1. The SMILES string of the molecule is CC(C)(C)OC(=O)NC[C@H]1CCCN1c1c(N)ccc(Oc2ccccc2F)c1F. The topological polar surface area (TPSA) is 76.8 Å². The molecule has 1 aliphatic rings. The molecular weight excluding hydrogens is 392 g/mol. The lowest BCUT2D eigenvalue weighted by molar-refractivity contribution is 0.0525. The number of nitrogen functional groups attached to an aromatic ring is 1. The summed E-state index contributed by atoms with van der Waals surface area (Å²) in [6.45, 7) is 6.21. The fraction of sp³-hybridized carbons (Fsp3) is 0.409. The lowest BCUT2D eigenvalue weighted by atomic mass is 10.1. The highest BCUT2D eigenvalue weighted by molar-refractivity contribution is 5.72. The lowest BCUT2D eigenvalue weighted by Crippen LogP contribution is -2.42. The van der Waals surface area contributed by atoms with Gasteiger partial charge in [0.1, 0.15) is 11.3 Å². The summed E-state index contributed by atoms with van der Waals surface area (Å²) in [7, 11) is 0. The minimum atomic E-state index is -0.664. The van der Waals surface area contributed by atoms with Gasteiger partial charge in [-0.05, 0) is 57.9 Å². The van der Waals surface area contributed by atoms with Crippen LogP contribution in [0.25, 0.3) is 0 Å². The van der Waals surface area contributed by atoms with Gasteiger partial charge < -0.3 is 25.4 Å². The molecule has 1 saturated heterocycles. The summed E-state index contributed by atoms with van der Waals surface area (Å²) in [4.78, 5) is 13.8. The van der Waals surface area contributed by atoms with Crippen LogP contribution in [0.2, 0.25) is 0 Å². The molecule has 0 spiro atoms. The second kappa shape index (κ2) is 8.77. The van der Waals surface area contributed by atoms with Gasteiger partial charge >= 0.3 is 6.09 Å². The van der Waals surface area contributed by atoms with Crippen molar-refractivity contribution < 1.29 is 23.0 Å². The molecule has 3 rings (SSSR count). The van der Waals surface area contributed by atoms with Gasteiger partial charge in [0.2, 0.25) is 0 Å². The van der Waals surface area contributed by atoms with Gasteiger partial charge in [0.15, 0.2) is 23.1 Å². The van der Waals surface area contributed by atoms with Gasteiger partial charge in [0.25, 0.3) is 0 Å². The maximum atomic E-state index is 15.3. The van der Waals surface area contributed by atoms with E-state index in [2.05, 4.69) is 5.32 Å². The molecule has 162 valence electrons. The Morgan fingerprint density at radius 2 is 1.93 bits per heavy atom. The summed E-state index contributed by atoms with van der Waals surface area (Å²) in [5.74, 6) is -1.44. The summed E-state index contributed by atoms with van der Waals surface area (Å²) in [6.07, 6.45) is 1.05. The van der Waals surface area contributed by atoms with Gasteiger partial charge in [-0.25, -0.2) is 13.6 Å². The Morgan fingerprint density at radius 3 is 2.63 bits per heavy atom. The molecule has 1 aliphatic heterocycles. The Kier molecular flexibility index (Phi) is 6.34. The monoisotopic (exact) mass is 419 g/mol. The number of carbonyl (C=O) groups is 1. The van der Waals surface area contributed by atoms with Crippen LogP contribution in [0, 0.1) is 11.6 Å². The van der Waals surface area contributed by atoms with E-state index in [4.69, 9.17) is 15.2 Å². The predicted molar refractivity (Wildman–Crippen MR) is 112 cm³/mol. The molecule has 0 aliphatic carbocycles. The largest absolute Gasteiger partial charge is 0.451 e. The quantitative estimate of drug-likeness (QED) is 0.679. The van der Waals surface area contributed by atoms with E-state index in [1.165, 1.54) is 30.3 Å². The van der Waals surface area contributed by atoms with Crippen LogP contribution in [-0.2, 0) is 4.74 Å². The lowest BCUT2D eigenvalue weighted by Gasteiger charge is -2.29. The summed E-state index contributed by atoms with van der Waals surface area (Å²) in [6, 6.07) is 8.55. The predicted octanol–water partition coefficient (Wildman–Crippen LogP) is 4.83.